The van der Waals surface area contributed by atoms with Crippen LogP contribution in [0.2, 0.25) is 0 Å². The van der Waals surface area contributed by atoms with Gasteiger partial charge in [-0.05, 0) is 37.9 Å². The molecule has 20 heavy (non-hydrogen) atoms. The lowest BCUT2D eigenvalue weighted by molar-refractivity contribution is -0.134. The molecule has 3 fully saturated rings. The average Bonchev–Trinajstić information content (AvgIpc) is 3.20. The maximum atomic E-state index is 12.7. The van der Waals surface area contributed by atoms with E-state index in [9.17, 15) is 9.59 Å². The molecule has 3 rings (SSSR count). The van der Waals surface area contributed by atoms with Gasteiger partial charge in [-0.25, -0.2) is 0 Å². The Kier molecular flexibility index (Phi) is 3.98. The molecule has 4 nitrogen and oxygen atoms in total. The number of hydrogen-bond donors (Lipinski definition) is 1. The van der Waals surface area contributed by atoms with Crippen molar-refractivity contribution in [1.29, 1.82) is 0 Å². The second kappa shape index (κ2) is 5.58. The first kappa shape index (κ1) is 14.2. The van der Waals surface area contributed by atoms with Gasteiger partial charge in [0.15, 0.2) is 0 Å². The SMILES string of the molecule is CSC1(CN2CCC(=O)NC(C3CC3)C2=O)CCCC1. The van der Waals surface area contributed by atoms with Gasteiger partial charge in [-0.3, -0.25) is 9.59 Å². The fraction of sp³-hybridized carbons (Fsp3) is 0.867. The molecule has 1 N–H and O–H groups in total. The van der Waals surface area contributed by atoms with Crippen LogP contribution in [-0.4, -0.2) is 46.8 Å². The van der Waals surface area contributed by atoms with Crippen LogP contribution in [0.15, 0.2) is 0 Å². The van der Waals surface area contributed by atoms with Crippen LogP contribution in [0.1, 0.15) is 44.9 Å². The minimum absolute atomic E-state index is 0.0439. The van der Waals surface area contributed by atoms with Gasteiger partial charge < -0.3 is 10.2 Å². The summed E-state index contributed by atoms with van der Waals surface area (Å²) in [5, 5.41) is 2.94. The van der Waals surface area contributed by atoms with Gasteiger partial charge in [0, 0.05) is 24.3 Å². The molecule has 0 spiro atoms. The Balaban J connectivity index is 1.73. The molecule has 2 saturated carbocycles. The van der Waals surface area contributed by atoms with E-state index in [2.05, 4.69) is 11.6 Å². The molecule has 112 valence electrons. The Labute approximate surface area is 125 Å². The average molecular weight is 296 g/mol. The number of nitrogens with zero attached hydrogens (tertiary/aromatic N) is 1. The summed E-state index contributed by atoms with van der Waals surface area (Å²) in [6.07, 6.45) is 9.73. The monoisotopic (exact) mass is 296 g/mol. The molecule has 1 heterocycles. The molecule has 0 radical (unpaired) electrons. The third-order valence-electron chi connectivity index (χ3n) is 5.02. The topological polar surface area (TPSA) is 49.4 Å². The molecule has 1 atom stereocenters. The first-order valence-electron chi connectivity index (χ1n) is 7.77. The van der Waals surface area contributed by atoms with Crippen LogP contribution in [0.25, 0.3) is 0 Å². The van der Waals surface area contributed by atoms with E-state index in [4.69, 9.17) is 0 Å². The van der Waals surface area contributed by atoms with E-state index in [1.807, 2.05) is 16.7 Å². The summed E-state index contributed by atoms with van der Waals surface area (Å²) in [7, 11) is 0. The van der Waals surface area contributed by atoms with E-state index in [-0.39, 0.29) is 22.6 Å². The summed E-state index contributed by atoms with van der Waals surface area (Å²) in [5.74, 6) is 0.599. The lowest BCUT2D eigenvalue weighted by Gasteiger charge is -2.34. The molecular weight excluding hydrogens is 272 g/mol. The highest BCUT2D eigenvalue weighted by atomic mass is 32.2. The molecule has 0 bridgehead atoms. The van der Waals surface area contributed by atoms with Gasteiger partial charge in [-0.1, -0.05) is 12.8 Å². The Bertz CT molecular complexity index is 403. The maximum Gasteiger partial charge on any atom is 0.245 e. The Morgan fingerprint density at radius 3 is 2.60 bits per heavy atom. The molecule has 5 heteroatoms. The van der Waals surface area contributed by atoms with Crippen molar-refractivity contribution in [1.82, 2.24) is 10.2 Å². The van der Waals surface area contributed by atoms with Crippen LogP contribution in [0, 0.1) is 5.92 Å². The fourth-order valence-electron chi connectivity index (χ4n) is 3.55. The largest absolute Gasteiger partial charge is 0.344 e. The van der Waals surface area contributed by atoms with Crippen LogP contribution in [0.5, 0.6) is 0 Å². The predicted octanol–water partition coefficient (Wildman–Crippen LogP) is 1.79. The highest BCUT2D eigenvalue weighted by molar-refractivity contribution is 8.00. The van der Waals surface area contributed by atoms with Crippen LogP contribution < -0.4 is 5.32 Å². The molecule has 2 aliphatic carbocycles. The second-order valence-corrected chi connectivity index (χ2v) is 7.76. The first-order valence-corrected chi connectivity index (χ1v) is 8.99. The molecule has 3 aliphatic rings. The molecule has 1 aliphatic heterocycles. The minimum Gasteiger partial charge on any atom is -0.344 e. The van der Waals surface area contributed by atoms with Crippen LogP contribution in [0.4, 0.5) is 0 Å². The molecule has 0 aromatic rings. The quantitative estimate of drug-likeness (QED) is 0.860. The lowest BCUT2D eigenvalue weighted by atomic mass is 10.1. The van der Waals surface area contributed by atoms with Crippen molar-refractivity contribution in [3.8, 4) is 0 Å². The van der Waals surface area contributed by atoms with Crippen molar-refractivity contribution in [3.05, 3.63) is 0 Å². The number of amides is 2. The normalized spacial score (nSPS) is 30.2. The second-order valence-electron chi connectivity index (χ2n) is 6.49. The molecule has 0 aromatic heterocycles. The van der Waals surface area contributed by atoms with Crippen LogP contribution in [0.3, 0.4) is 0 Å². The van der Waals surface area contributed by atoms with Crippen molar-refractivity contribution in [2.24, 2.45) is 5.92 Å². The lowest BCUT2D eigenvalue weighted by Crippen LogP contribution is -2.49. The summed E-state index contributed by atoms with van der Waals surface area (Å²) < 4.78 is 0.233. The van der Waals surface area contributed by atoms with E-state index in [1.165, 1.54) is 25.7 Å². The van der Waals surface area contributed by atoms with E-state index < -0.39 is 0 Å². The summed E-state index contributed by atoms with van der Waals surface area (Å²) in [6, 6.07) is -0.245. The highest BCUT2D eigenvalue weighted by Crippen LogP contribution is 2.41. The number of carbonyl (C=O) groups is 2. The fourth-order valence-corrected chi connectivity index (χ4v) is 4.53. The van der Waals surface area contributed by atoms with E-state index >= 15 is 0 Å². The number of carbonyl (C=O) groups excluding carboxylic acids is 2. The third-order valence-corrected chi connectivity index (χ3v) is 6.43. The molecular formula is C15H24N2O2S. The van der Waals surface area contributed by atoms with E-state index in [0.29, 0.717) is 18.9 Å². The van der Waals surface area contributed by atoms with E-state index in [1.54, 1.807) is 0 Å². The molecule has 1 unspecified atom stereocenters. The van der Waals surface area contributed by atoms with Crippen molar-refractivity contribution in [2.45, 2.75) is 55.7 Å². The van der Waals surface area contributed by atoms with Crippen LogP contribution >= 0.6 is 11.8 Å². The van der Waals surface area contributed by atoms with Gasteiger partial charge >= 0.3 is 0 Å². The number of rotatable bonds is 4. The first-order chi connectivity index (χ1) is 9.63. The van der Waals surface area contributed by atoms with Gasteiger partial charge in [-0.15, -0.1) is 0 Å². The molecule has 1 saturated heterocycles. The smallest absolute Gasteiger partial charge is 0.245 e. The number of thioether (sulfide) groups is 1. The van der Waals surface area contributed by atoms with Gasteiger partial charge in [0.05, 0.1) is 0 Å². The van der Waals surface area contributed by atoms with Gasteiger partial charge in [0.1, 0.15) is 6.04 Å². The number of nitrogens with one attached hydrogen (secondary N) is 1. The minimum atomic E-state index is -0.245. The van der Waals surface area contributed by atoms with Crippen molar-refractivity contribution < 1.29 is 9.59 Å². The van der Waals surface area contributed by atoms with Crippen LogP contribution in [-0.2, 0) is 9.59 Å². The van der Waals surface area contributed by atoms with Crippen molar-refractivity contribution in [3.63, 3.8) is 0 Å². The highest BCUT2D eigenvalue weighted by Gasteiger charge is 2.43. The predicted molar refractivity (Wildman–Crippen MR) is 80.6 cm³/mol. The Morgan fingerprint density at radius 2 is 2.00 bits per heavy atom. The summed E-state index contributed by atoms with van der Waals surface area (Å²) in [6.45, 7) is 1.42. The Morgan fingerprint density at radius 1 is 1.30 bits per heavy atom. The van der Waals surface area contributed by atoms with Gasteiger partial charge in [0.25, 0.3) is 0 Å². The number of hydrogen-bond acceptors (Lipinski definition) is 3. The third kappa shape index (κ3) is 2.83. The standard InChI is InChI=1S/C15H24N2O2S/c1-20-15(7-2-3-8-15)10-17-9-6-12(18)16-13(14(17)19)11-4-5-11/h11,13H,2-10H2,1H3,(H,16,18). The van der Waals surface area contributed by atoms with E-state index in [0.717, 1.165) is 19.4 Å². The maximum absolute atomic E-state index is 12.7. The van der Waals surface area contributed by atoms with Gasteiger partial charge in [0.2, 0.25) is 11.8 Å². The van der Waals surface area contributed by atoms with Gasteiger partial charge in [-0.2, -0.15) is 11.8 Å². The van der Waals surface area contributed by atoms with Crippen molar-refractivity contribution in [2.75, 3.05) is 19.3 Å². The van der Waals surface area contributed by atoms with Crippen molar-refractivity contribution >= 4 is 23.6 Å². The molecule has 0 aromatic carbocycles. The molecule has 2 amide bonds. The summed E-state index contributed by atoms with van der Waals surface area (Å²) in [4.78, 5) is 26.5. The Hall–Kier alpha value is -0.710. The summed E-state index contributed by atoms with van der Waals surface area (Å²) in [5.41, 5.74) is 0. The zero-order valence-corrected chi connectivity index (χ0v) is 13.0. The zero-order chi connectivity index (χ0) is 14.2. The zero-order valence-electron chi connectivity index (χ0n) is 12.2. The summed E-state index contributed by atoms with van der Waals surface area (Å²) >= 11 is 1.91.